The first-order valence-electron chi connectivity index (χ1n) is 9.80. The number of carbonyl (C=O) groups excluding carboxylic acids is 1. The molecule has 1 N–H and O–H groups in total. The van der Waals surface area contributed by atoms with Crippen molar-refractivity contribution in [3.63, 3.8) is 0 Å². The Labute approximate surface area is 173 Å². The number of sulfone groups is 1. The number of rotatable bonds is 5. The molecule has 0 unspecified atom stereocenters. The van der Waals surface area contributed by atoms with Gasteiger partial charge < -0.3 is 5.32 Å². The smallest absolute Gasteiger partial charge is 0.321 e. The van der Waals surface area contributed by atoms with Crippen molar-refractivity contribution in [3.05, 3.63) is 41.7 Å². The Hall–Kier alpha value is -2.36. The van der Waals surface area contributed by atoms with Gasteiger partial charge >= 0.3 is 6.18 Å². The van der Waals surface area contributed by atoms with E-state index >= 15 is 0 Å². The lowest BCUT2D eigenvalue weighted by Crippen LogP contribution is -2.24. The van der Waals surface area contributed by atoms with Crippen LogP contribution in [0.1, 0.15) is 54.6 Å². The lowest BCUT2D eigenvalue weighted by Gasteiger charge is -2.17. The second kappa shape index (κ2) is 8.79. The summed E-state index contributed by atoms with van der Waals surface area (Å²) in [6.07, 6.45) is 2.97. The number of aromatic nitrogens is 2. The van der Waals surface area contributed by atoms with Gasteiger partial charge in [-0.25, -0.2) is 8.42 Å². The Morgan fingerprint density at radius 2 is 1.87 bits per heavy atom. The Balaban J connectivity index is 1.90. The summed E-state index contributed by atoms with van der Waals surface area (Å²) in [7, 11) is -3.53. The molecule has 0 spiro atoms. The molecular weight excluding hydrogens is 419 g/mol. The molecule has 1 aliphatic carbocycles. The van der Waals surface area contributed by atoms with Crippen molar-refractivity contribution in [2.75, 3.05) is 11.6 Å². The minimum Gasteiger partial charge on any atom is -0.321 e. The third-order valence-corrected chi connectivity index (χ3v) is 6.40. The highest BCUT2D eigenvalue weighted by Crippen LogP contribution is 2.33. The fraction of sp³-hybridized carbons (Fsp3) is 0.500. The van der Waals surface area contributed by atoms with Gasteiger partial charge in [-0.1, -0.05) is 31.7 Å². The van der Waals surface area contributed by atoms with Crippen LogP contribution in [0, 0.1) is 5.92 Å². The normalized spacial score (nSPS) is 16.3. The zero-order valence-corrected chi connectivity index (χ0v) is 17.4. The molecule has 6 nitrogen and oxygen atoms in total. The quantitative estimate of drug-likeness (QED) is 0.689. The first-order valence-corrected chi connectivity index (χ1v) is 11.7. The lowest BCUT2D eigenvalue weighted by molar-refractivity contribution is -0.138. The van der Waals surface area contributed by atoms with Crippen LogP contribution in [-0.2, 0) is 22.6 Å². The van der Waals surface area contributed by atoms with E-state index in [1.54, 1.807) is 0 Å². The first kappa shape index (κ1) is 22.3. The van der Waals surface area contributed by atoms with Gasteiger partial charge in [-0.05, 0) is 37.0 Å². The molecule has 1 heterocycles. The topological polar surface area (TPSA) is 81.1 Å². The number of nitrogens with one attached hydrogen (secondary N) is 1. The Morgan fingerprint density at radius 1 is 1.20 bits per heavy atom. The lowest BCUT2D eigenvalue weighted by atomic mass is 10.0. The van der Waals surface area contributed by atoms with Crippen molar-refractivity contribution in [1.82, 2.24) is 9.78 Å². The fourth-order valence-electron chi connectivity index (χ4n) is 3.76. The molecule has 10 heteroatoms. The van der Waals surface area contributed by atoms with E-state index in [0.717, 1.165) is 49.5 Å². The average Bonchev–Trinajstić information content (AvgIpc) is 2.91. The number of carbonyl (C=O) groups is 1. The van der Waals surface area contributed by atoms with E-state index in [1.165, 1.54) is 24.3 Å². The van der Waals surface area contributed by atoms with Crippen LogP contribution in [0.5, 0.6) is 0 Å². The number of amides is 1. The number of halogens is 3. The summed E-state index contributed by atoms with van der Waals surface area (Å²) in [6, 6.07) is 5.40. The van der Waals surface area contributed by atoms with E-state index in [9.17, 15) is 26.4 Å². The predicted octanol–water partition coefficient (Wildman–Crippen LogP) is 4.53. The van der Waals surface area contributed by atoms with Gasteiger partial charge in [0.25, 0.3) is 5.91 Å². The zero-order valence-electron chi connectivity index (χ0n) is 16.6. The van der Waals surface area contributed by atoms with Crippen LogP contribution < -0.4 is 5.32 Å². The average molecular weight is 443 g/mol. The van der Waals surface area contributed by atoms with Crippen LogP contribution >= 0.6 is 0 Å². The molecule has 1 aromatic heterocycles. The molecular formula is C20H24F3N3O3S. The van der Waals surface area contributed by atoms with E-state index < -0.39 is 33.2 Å². The summed E-state index contributed by atoms with van der Waals surface area (Å²) in [6.45, 7) is 0.238. The van der Waals surface area contributed by atoms with Crippen LogP contribution in [0.3, 0.4) is 0 Å². The number of alkyl halides is 3. The van der Waals surface area contributed by atoms with E-state index in [0.29, 0.717) is 6.20 Å². The monoisotopic (exact) mass is 443 g/mol. The Bertz CT molecular complexity index is 1010. The van der Waals surface area contributed by atoms with Crippen LogP contribution in [0.15, 0.2) is 35.4 Å². The largest absolute Gasteiger partial charge is 0.420 e. The van der Waals surface area contributed by atoms with E-state index in [-0.39, 0.29) is 23.0 Å². The molecule has 0 atom stereocenters. The predicted molar refractivity (Wildman–Crippen MR) is 106 cm³/mol. The summed E-state index contributed by atoms with van der Waals surface area (Å²) < 4.78 is 65.1. The van der Waals surface area contributed by atoms with E-state index in [1.807, 2.05) is 0 Å². The van der Waals surface area contributed by atoms with Crippen LogP contribution in [-0.4, -0.2) is 30.4 Å². The van der Waals surface area contributed by atoms with Crippen molar-refractivity contribution in [2.45, 2.75) is 56.1 Å². The number of nitrogens with zero attached hydrogens (tertiary/aromatic N) is 2. The van der Waals surface area contributed by atoms with E-state index in [4.69, 9.17) is 0 Å². The van der Waals surface area contributed by atoms with Gasteiger partial charge in [0.1, 0.15) is 11.3 Å². The SMILES string of the molecule is CS(=O)(=O)c1cccc(NC(=O)c2c(C(F)(F)F)cnn2CC2CCCCCC2)c1. The second-order valence-electron chi connectivity index (χ2n) is 7.70. The molecule has 0 aliphatic heterocycles. The summed E-state index contributed by atoms with van der Waals surface area (Å²) in [5.74, 6) is -0.812. The minimum atomic E-state index is -4.73. The fourth-order valence-corrected chi connectivity index (χ4v) is 4.42. The molecule has 1 amide bonds. The van der Waals surface area contributed by atoms with Crippen LogP contribution in [0.25, 0.3) is 0 Å². The summed E-state index contributed by atoms with van der Waals surface area (Å²) in [5, 5.41) is 6.26. The molecule has 0 bridgehead atoms. The van der Waals surface area contributed by atoms with Crippen molar-refractivity contribution in [1.29, 1.82) is 0 Å². The highest BCUT2D eigenvalue weighted by Gasteiger charge is 2.39. The standard InChI is InChI=1S/C20H24F3N3O3S/c1-30(28,29)16-10-6-9-15(11-16)25-19(27)18-17(20(21,22)23)12-24-26(18)13-14-7-4-2-3-5-8-14/h6,9-12,14H,2-5,7-8,13H2,1H3,(H,25,27). The number of anilines is 1. The molecule has 30 heavy (non-hydrogen) atoms. The molecule has 0 saturated heterocycles. The second-order valence-corrected chi connectivity index (χ2v) is 9.71. The maximum atomic E-state index is 13.5. The van der Waals surface area contributed by atoms with Gasteiger partial charge in [0.15, 0.2) is 9.84 Å². The summed E-state index contributed by atoms with van der Waals surface area (Å²) in [5.41, 5.74) is -1.57. The third kappa shape index (κ3) is 5.41. The summed E-state index contributed by atoms with van der Waals surface area (Å²) in [4.78, 5) is 12.8. The molecule has 1 fully saturated rings. The zero-order chi connectivity index (χ0) is 21.9. The van der Waals surface area contributed by atoms with Crippen molar-refractivity contribution >= 4 is 21.4 Å². The highest BCUT2D eigenvalue weighted by molar-refractivity contribution is 7.90. The minimum absolute atomic E-state index is 0.0386. The van der Waals surface area contributed by atoms with Gasteiger partial charge in [0, 0.05) is 18.5 Å². The van der Waals surface area contributed by atoms with Gasteiger partial charge in [0.05, 0.1) is 11.1 Å². The highest BCUT2D eigenvalue weighted by atomic mass is 32.2. The number of benzene rings is 1. The van der Waals surface area contributed by atoms with E-state index in [2.05, 4.69) is 10.4 Å². The summed E-state index contributed by atoms with van der Waals surface area (Å²) >= 11 is 0. The van der Waals surface area contributed by atoms with Crippen molar-refractivity contribution in [2.24, 2.45) is 5.92 Å². The van der Waals surface area contributed by atoms with Crippen LogP contribution in [0.2, 0.25) is 0 Å². The first-order chi connectivity index (χ1) is 14.1. The molecule has 1 aromatic carbocycles. The molecule has 1 saturated carbocycles. The Morgan fingerprint density at radius 3 is 2.47 bits per heavy atom. The van der Waals surface area contributed by atoms with Gasteiger partial charge in [-0.3, -0.25) is 9.48 Å². The maximum absolute atomic E-state index is 13.5. The Kier molecular flexibility index (Phi) is 6.54. The van der Waals surface area contributed by atoms with Crippen molar-refractivity contribution in [3.8, 4) is 0 Å². The number of hydrogen-bond donors (Lipinski definition) is 1. The van der Waals surface area contributed by atoms with Gasteiger partial charge in [-0.2, -0.15) is 18.3 Å². The van der Waals surface area contributed by atoms with Gasteiger partial charge in [-0.15, -0.1) is 0 Å². The number of hydrogen-bond acceptors (Lipinski definition) is 4. The molecule has 164 valence electrons. The van der Waals surface area contributed by atoms with Crippen molar-refractivity contribution < 1.29 is 26.4 Å². The van der Waals surface area contributed by atoms with Gasteiger partial charge in [0.2, 0.25) is 0 Å². The van der Waals surface area contributed by atoms with Crippen LogP contribution in [0.4, 0.5) is 18.9 Å². The maximum Gasteiger partial charge on any atom is 0.420 e. The molecule has 0 radical (unpaired) electrons. The third-order valence-electron chi connectivity index (χ3n) is 5.29. The molecule has 2 aromatic rings. The molecule has 1 aliphatic rings. The molecule has 3 rings (SSSR count).